The van der Waals surface area contributed by atoms with Crippen LogP contribution in [0.4, 0.5) is 0 Å². The highest BCUT2D eigenvalue weighted by molar-refractivity contribution is 6.74. The topological polar surface area (TPSA) is 210 Å². The Morgan fingerprint density at radius 1 is 0.744 bits per heavy atom. The van der Waals surface area contributed by atoms with Crippen LogP contribution in [0.15, 0.2) is 91.0 Å². The first-order valence-corrected chi connectivity index (χ1v) is 12.1. The Kier molecular flexibility index (Phi) is 10.8. The van der Waals surface area contributed by atoms with E-state index >= 15 is 0 Å². The monoisotopic (exact) mass is 544 g/mol. The van der Waals surface area contributed by atoms with E-state index in [2.05, 4.69) is 0 Å². The third-order valence-electron chi connectivity index (χ3n) is 6.05. The first kappa shape index (κ1) is 30.9. The van der Waals surface area contributed by atoms with Gasteiger partial charge < -0.3 is 59.5 Å². The van der Waals surface area contributed by atoms with Gasteiger partial charge in [-0.15, -0.1) is 10.9 Å². The average molecular weight is 544 g/mol. The summed E-state index contributed by atoms with van der Waals surface area (Å²) in [5.74, 6) is 0. The molecule has 0 spiro atoms. The van der Waals surface area contributed by atoms with Crippen LogP contribution in [-0.2, 0) is 14.0 Å². The highest BCUT2D eigenvalue weighted by Crippen LogP contribution is 2.33. The molecular weight excluding hydrogens is 513 g/mol. The van der Waals surface area contributed by atoms with Crippen LogP contribution in [0.3, 0.4) is 0 Å². The Morgan fingerprint density at radius 3 is 1.69 bits per heavy atom. The lowest BCUT2D eigenvalue weighted by atomic mass is 9.70. The fourth-order valence-corrected chi connectivity index (χ4v) is 3.93. The molecule has 6 unspecified atom stereocenters. The number of hydrogen-bond donors (Lipinski definition) is 9. The molecule has 39 heavy (non-hydrogen) atoms. The normalized spacial score (nSPS) is 27.8. The lowest BCUT2D eigenvalue weighted by molar-refractivity contribution is -0.250. The van der Waals surface area contributed by atoms with E-state index in [0.29, 0.717) is 10.9 Å². The van der Waals surface area contributed by atoms with Crippen LogP contribution in [0.2, 0.25) is 0 Å². The smallest absolute Gasteiger partial charge is 0.488 e. The van der Waals surface area contributed by atoms with Gasteiger partial charge in [0, 0.05) is 0 Å². The fraction of sp³-hybridized carbons (Fsp3) is 0.250. The minimum absolute atomic E-state index is 0.127. The Hall–Kier alpha value is -2.63. The van der Waals surface area contributed by atoms with Crippen molar-refractivity contribution in [2.24, 2.45) is 0 Å². The van der Waals surface area contributed by atoms with Crippen molar-refractivity contribution in [2.75, 3.05) is 6.61 Å². The van der Waals surface area contributed by atoms with Gasteiger partial charge >= 0.3 is 20.6 Å². The molecule has 2 aliphatic heterocycles. The van der Waals surface area contributed by atoms with Gasteiger partial charge in [-0.2, -0.15) is 0 Å². The molecule has 6 atom stereocenters. The first-order chi connectivity index (χ1) is 18.5. The third kappa shape index (κ3) is 8.19. The van der Waals surface area contributed by atoms with Crippen molar-refractivity contribution in [3.63, 3.8) is 0 Å². The SMILES string of the molecule is OB(O)c1ccccc1.OCC1OC2O[B-](O)(c3ccccc3)OC2C(O)C1O.O[B-](O)(O)c1ccccc1. The zero-order valence-corrected chi connectivity index (χ0v) is 20.7. The predicted octanol–water partition coefficient (Wildman–Crippen LogP) is -4.14. The third-order valence-corrected chi connectivity index (χ3v) is 6.05. The number of rotatable bonds is 4. The van der Waals surface area contributed by atoms with Gasteiger partial charge in [0.1, 0.15) is 24.6 Å². The molecule has 5 rings (SSSR count). The van der Waals surface area contributed by atoms with Gasteiger partial charge in [-0.25, -0.2) is 0 Å². The largest absolute Gasteiger partial charge is 0.556 e. The van der Waals surface area contributed by atoms with Crippen molar-refractivity contribution in [3.05, 3.63) is 91.0 Å². The van der Waals surface area contributed by atoms with Crippen molar-refractivity contribution in [3.8, 4) is 0 Å². The van der Waals surface area contributed by atoms with Crippen LogP contribution >= 0.6 is 0 Å². The van der Waals surface area contributed by atoms with Gasteiger partial charge in [-0.1, -0.05) is 91.0 Å². The van der Waals surface area contributed by atoms with Gasteiger partial charge in [0.2, 0.25) is 0 Å². The van der Waals surface area contributed by atoms with Crippen molar-refractivity contribution < 1.29 is 59.5 Å². The summed E-state index contributed by atoms with van der Waals surface area (Å²) in [6.45, 7) is -6.56. The first-order valence-electron chi connectivity index (χ1n) is 12.1. The molecule has 12 nitrogen and oxygen atoms in total. The average Bonchev–Trinajstić information content (AvgIpc) is 3.30. The Morgan fingerprint density at radius 2 is 1.26 bits per heavy atom. The number of aliphatic hydroxyl groups is 3. The Bertz CT molecular complexity index is 1120. The van der Waals surface area contributed by atoms with E-state index in [9.17, 15) is 15.2 Å². The highest BCUT2D eigenvalue weighted by atomic mass is 16.8. The quantitative estimate of drug-likeness (QED) is 0.144. The molecule has 0 aliphatic carbocycles. The molecule has 0 saturated carbocycles. The molecule has 3 aromatic carbocycles. The van der Waals surface area contributed by atoms with Crippen LogP contribution in [0, 0.1) is 0 Å². The highest BCUT2D eigenvalue weighted by Gasteiger charge is 2.53. The maximum atomic E-state index is 10.4. The van der Waals surface area contributed by atoms with E-state index in [0.717, 1.165) is 0 Å². The molecular formula is C24H31B3O12-2. The van der Waals surface area contributed by atoms with Gasteiger partial charge in [0.15, 0.2) is 0 Å². The van der Waals surface area contributed by atoms with Crippen LogP contribution in [-0.4, -0.2) is 103 Å². The lowest BCUT2D eigenvalue weighted by Gasteiger charge is -2.39. The summed E-state index contributed by atoms with van der Waals surface area (Å²) >= 11 is 0. The van der Waals surface area contributed by atoms with Crippen molar-refractivity contribution in [1.29, 1.82) is 0 Å². The summed E-state index contributed by atoms with van der Waals surface area (Å²) in [5.41, 5.74) is 1.06. The predicted molar refractivity (Wildman–Crippen MR) is 143 cm³/mol. The number of hydrogen-bond acceptors (Lipinski definition) is 12. The number of ether oxygens (including phenoxy) is 1. The molecule has 9 N–H and O–H groups in total. The van der Waals surface area contributed by atoms with Crippen molar-refractivity contribution in [1.82, 2.24) is 0 Å². The standard InChI is InChI=1S/C12H16BO7.C6H8BO3.C6H7BO2/c14-6-8-9(15)10(16)11-12(18-8)20-13(17,19-11)7-4-2-1-3-5-7;8-7(9,10)6-4-2-1-3-5-6;8-7(9)6-4-2-1-3-5-6/h1-5,8-12,14-17H,6H2;1-5,8-10H;1-5,8-9H/q2*-1;. The molecule has 0 amide bonds. The van der Waals surface area contributed by atoms with Crippen molar-refractivity contribution >= 4 is 37.0 Å². The molecule has 2 heterocycles. The minimum Gasteiger partial charge on any atom is -0.556 e. The van der Waals surface area contributed by atoms with Crippen molar-refractivity contribution in [2.45, 2.75) is 30.7 Å². The Balaban J connectivity index is 0.000000185. The van der Waals surface area contributed by atoms with E-state index in [-0.39, 0.29) is 5.46 Å². The summed E-state index contributed by atoms with van der Waals surface area (Å²) in [6, 6.07) is 25.0. The van der Waals surface area contributed by atoms with Gasteiger partial charge in [0.05, 0.1) is 12.7 Å². The second kappa shape index (κ2) is 13.6. The summed E-state index contributed by atoms with van der Waals surface area (Å²) < 4.78 is 16.1. The van der Waals surface area contributed by atoms with Gasteiger partial charge in [-0.3, -0.25) is 0 Å². The maximum Gasteiger partial charge on any atom is 0.488 e. The second-order valence-electron chi connectivity index (χ2n) is 8.95. The zero-order valence-electron chi connectivity index (χ0n) is 20.7. The lowest BCUT2D eigenvalue weighted by Crippen LogP contribution is -2.57. The van der Waals surface area contributed by atoms with Crippen LogP contribution in [0.5, 0.6) is 0 Å². The van der Waals surface area contributed by atoms with E-state index in [1.54, 1.807) is 72.8 Å². The molecule has 2 fully saturated rings. The molecule has 210 valence electrons. The fourth-order valence-electron chi connectivity index (χ4n) is 3.93. The molecule has 3 aromatic rings. The molecule has 15 heteroatoms. The van der Waals surface area contributed by atoms with Crippen LogP contribution < -0.4 is 16.4 Å². The van der Waals surface area contributed by atoms with E-state index in [1.807, 2.05) is 6.07 Å². The zero-order chi connectivity index (χ0) is 28.6. The summed E-state index contributed by atoms with van der Waals surface area (Å²) in [7, 11) is -1.34. The van der Waals surface area contributed by atoms with Gasteiger partial charge in [-0.05, 0) is 5.46 Å². The second-order valence-corrected chi connectivity index (χ2v) is 8.95. The van der Waals surface area contributed by atoms with Crippen LogP contribution in [0.1, 0.15) is 0 Å². The molecule has 2 aliphatic rings. The molecule has 0 radical (unpaired) electrons. The Labute approximate surface area is 225 Å². The van der Waals surface area contributed by atoms with E-state index < -0.39 is 57.9 Å². The maximum absolute atomic E-state index is 10.4. The van der Waals surface area contributed by atoms with E-state index in [1.165, 1.54) is 12.1 Å². The summed E-state index contributed by atoms with van der Waals surface area (Å²) in [4.78, 5) is 0. The molecule has 2 saturated heterocycles. The number of fused-ring (bicyclic) bond motifs is 1. The molecule has 0 aromatic heterocycles. The van der Waals surface area contributed by atoms with Crippen LogP contribution in [0.25, 0.3) is 0 Å². The van der Waals surface area contributed by atoms with Gasteiger partial charge in [0.25, 0.3) is 0 Å². The minimum atomic E-state index is -3.30. The number of aliphatic hydroxyl groups excluding tert-OH is 3. The molecule has 0 bridgehead atoms. The number of benzene rings is 3. The summed E-state index contributed by atoms with van der Waals surface area (Å²) in [6.07, 6.45) is -5.66. The van der Waals surface area contributed by atoms with E-state index in [4.69, 9.17) is 44.3 Å². The summed E-state index contributed by atoms with van der Waals surface area (Å²) in [5, 5.41) is 82.4.